The van der Waals surface area contributed by atoms with Crippen LogP contribution in [0.25, 0.3) is 0 Å². The average molecular weight is 423 g/mol. The molecule has 0 radical (unpaired) electrons. The van der Waals surface area contributed by atoms with E-state index < -0.39 is 0 Å². The summed E-state index contributed by atoms with van der Waals surface area (Å²) in [7, 11) is 0. The zero-order valence-corrected chi connectivity index (χ0v) is 18.2. The molecule has 7 nitrogen and oxygen atoms in total. The minimum atomic E-state index is -0.175. The number of aryl methyl sites for hydroxylation is 2. The summed E-state index contributed by atoms with van der Waals surface area (Å²) in [5.41, 5.74) is 11.6. The molecule has 2 atom stereocenters. The molecule has 0 bridgehead atoms. The normalized spacial score (nSPS) is 23.4. The predicted octanol–water partition coefficient (Wildman–Crippen LogP) is 2.28. The smallest absolute Gasteiger partial charge is 0.241 e. The monoisotopic (exact) mass is 422 g/mol. The molecule has 5 rings (SSSR count). The van der Waals surface area contributed by atoms with Gasteiger partial charge < -0.3 is 14.4 Å². The number of nitrogens with zero attached hydrogens (tertiary/aromatic N) is 2. The van der Waals surface area contributed by atoms with E-state index >= 15 is 0 Å². The van der Waals surface area contributed by atoms with E-state index in [-0.39, 0.29) is 18.0 Å². The molecule has 164 valence electrons. The lowest BCUT2D eigenvalue weighted by molar-refractivity contribution is -0.135. The summed E-state index contributed by atoms with van der Waals surface area (Å²) in [6, 6.07) is 12.6. The molecule has 1 amide bonds. The maximum Gasteiger partial charge on any atom is 0.241 e. The van der Waals surface area contributed by atoms with Gasteiger partial charge in [0.25, 0.3) is 0 Å². The number of hydrazine groups is 1. The highest BCUT2D eigenvalue weighted by atomic mass is 16.7. The van der Waals surface area contributed by atoms with Crippen LogP contribution in [0.5, 0.6) is 11.5 Å². The first kappa shape index (κ1) is 20.3. The van der Waals surface area contributed by atoms with Crippen molar-refractivity contribution in [3.63, 3.8) is 0 Å². The molecule has 7 heteroatoms. The Balaban J connectivity index is 1.13. The van der Waals surface area contributed by atoms with Crippen molar-refractivity contribution >= 4 is 5.91 Å². The summed E-state index contributed by atoms with van der Waals surface area (Å²) in [6.45, 7) is 8.67. The van der Waals surface area contributed by atoms with Crippen LogP contribution in [0.2, 0.25) is 0 Å². The van der Waals surface area contributed by atoms with Crippen molar-refractivity contribution in [2.24, 2.45) is 0 Å². The van der Waals surface area contributed by atoms with Crippen molar-refractivity contribution in [1.82, 2.24) is 20.7 Å². The van der Waals surface area contributed by atoms with Crippen molar-refractivity contribution in [2.45, 2.75) is 38.9 Å². The Morgan fingerprint density at radius 3 is 2.61 bits per heavy atom. The lowest BCUT2D eigenvalue weighted by Gasteiger charge is -2.35. The van der Waals surface area contributed by atoms with Crippen molar-refractivity contribution in [1.29, 1.82) is 0 Å². The van der Waals surface area contributed by atoms with Crippen LogP contribution in [-0.4, -0.2) is 54.7 Å². The number of benzene rings is 2. The second kappa shape index (κ2) is 8.49. The Bertz CT molecular complexity index is 971. The first-order chi connectivity index (χ1) is 15.1. The molecule has 0 spiro atoms. The minimum absolute atomic E-state index is 0.168. The highest BCUT2D eigenvalue weighted by Gasteiger charge is 2.34. The van der Waals surface area contributed by atoms with Gasteiger partial charge in [-0.2, -0.15) is 0 Å². The van der Waals surface area contributed by atoms with Crippen LogP contribution in [0.4, 0.5) is 0 Å². The van der Waals surface area contributed by atoms with Crippen molar-refractivity contribution in [3.05, 3.63) is 58.7 Å². The fourth-order valence-corrected chi connectivity index (χ4v) is 4.78. The van der Waals surface area contributed by atoms with Gasteiger partial charge in [0, 0.05) is 38.8 Å². The molecule has 2 aromatic carbocycles. The third-order valence-corrected chi connectivity index (χ3v) is 6.53. The maximum atomic E-state index is 13.1. The van der Waals surface area contributed by atoms with Gasteiger partial charge in [-0.05, 0) is 49.1 Å². The fraction of sp³-hybridized carbons (Fsp3) is 0.458. The molecule has 0 saturated carbocycles. The molecule has 3 aliphatic heterocycles. The number of carbonyl (C=O) groups excluding carboxylic acids is 1. The Morgan fingerprint density at radius 1 is 1.00 bits per heavy atom. The molecule has 2 aromatic rings. The molecule has 2 saturated heterocycles. The molecule has 2 N–H and O–H groups in total. The van der Waals surface area contributed by atoms with E-state index in [0.717, 1.165) is 50.6 Å². The van der Waals surface area contributed by atoms with Gasteiger partial charge in [-0.3, -0.25) is 9.69 Å². The summed E-state index contributed by atoms with van der Waals surface area (Å²) in [6.07, 6.45) is 0.778. The molecule has 2 unspecified atom stereocenters. The van der Waals surface area contributed by atoms with E-state index in [4.69, 9.17) is 9.47 Å². The molecular weight excluding hydrogens is 392 g/mol. The third-order valence-electron chi connectivity index (χ3n) is 6.53. The van der Waals surface area contributed by atoms with Gasteiger partial charge in [-0.15, -0.1) is 0 Å². The summed E-state index contributed by atoms with van der Waals surface area (Å²) < 4.78 is 10.9. The second-order valence-electron chi connectivity index (χ2n) is 8.78. The standard InChI is InChI=1S/C24H30N4O3/c1-16-3-5-19(17(2)11-16)20-13-21(26-25-20)24(29)28-9-7-27(8-10-28)14-18-4-6-22-23(12-18)31-15-30-22/h3-6,11-12,20-21,25-26H,7-10,13-15H2,1-2H3. The van der Waals surface area contributed by atoms with Gasteiger partial charge >= 0.3 is 0 Å². The van der Waals surface area contributed by atoms with Gasteiger partial charge in [0.05, 0.1) is 0 Å². The van der Waals surface area contributed by atoms with Crippen LogP contribution in [0.3, 0.4) is 0 Å². The molecule has 2 fully saturated rings. The number of nitrogens with one attached hydrogen (secondary N) is 2. The first-order valence-corrected chi connectivity index (χ1v) is 11.0. The minimum Gasteiger partial charge on any atom is -0.454 e. The van der Waals surface area contributed by atoms with Crippen LogP contribution in [0.1, 0.15) is 34.7 Å². The van der Waals surface area contributed by atoms with Gasteiger partial charge in [0.1, 0.15) is 6.04 Å². The fourth-order valence-electron chi connectivity index (χ4n) is 4.78. The Labute approximate surface area is 183 Å². The first-order valence-electron chi connectivity index (χ1n) is 11.0. The zero-order chi connectivity index (χ0) is 21.4. The Morgan fingerprint density at radius 2 is 1.81 bits per heavy atom. The number of rotatable bonds is 4. The van der Waals surface area contributed by atoms with Gasteiger partial charge in [-0.25, -0.2) is 10.9 Å². The van der Waals surface area contributed by atoms with E-state index in [0.29, 0.717) is 6.79 Å². The van der Waals surface area contributed by atoms with Crippen molar-refractivity contribution < 1.29 is 14.3 Å². The number of carbonyl (C=O) groups is 1. The number of piperazine rings is 1. The molecule has 0 aromatic heterocycles. The number of amides is 1. The molecule has 0 aliphatic carbocycles. The highest BCUT2D eigenvalue weighted by Crippen LogP contribution is 2.33. The van der Waals surface area contributed by atoms with Crippen LogP contribution in [0.15, 0.2) is 36.4 Å². The van der Waals surface area contributed by atoms with Gasteiger partial charge in [0.15, 0.2) is 11.5 Å². The van der Waals surface area contributed by atoms with E-state index in [1.54, 1.807) is 0 Å². The second-order valence-corrected chi connectivity index (χ2v) is 8.78. The number of hydrogen-bond donors (Lipinski definition) is 2. The predicted molar refractivity (Wildman–Crippen MR) is 118 cm³/mol. The highest BCUT2D eigenvalue weighted by molar-refractivity contribution is 5.82. The van der Waals surface area contributed by atoms with Crippen LogP contribution in [0, 0.1) is 13.8 Å². The maximum absolute atomic E-state index is 13.1. The zero-order valence-electron chi connectivity index (χ0n) is 18.2. The van der Waals surface area contributed by atoms with E-state index in [9.17, 15) is 4.79 Å². The number of hydrogen-bond acceptors (Lipinski definition) is 6. The Kier molecular flexibility index (Phi) is 5.56. The SMILES string of the molecule is Cc1ccc(C2CC(C(=O)N3CCN(Cc4ccc5c(c4)OCO5)CC3)NN2)c(C)c1. The molecule has 31 heavy (non-hydrogen) atoms. The largest absolute Gasteiger partial charge is 0.454 e. The topological polar surface area (TPSA) is 66.1 Å². The molecular formula is C24H30N4O3. The average Bonchev–Trinajstić information content (AvgIpc) is 3.43. The van der Waals surface area contributed by atoms with E-state index in [1.165, 1.54) is 22.3 Å². The van der Waals surface area contributed by atoms with E-state index in [2.05, 4.69) is 59.9 Å². The quantitative estimate of drug-likeness (QED) is 0.788. The Hall–Kier alpha value is -2.61. The van der Waals surface area contributed by atoms with Crippen molar-refractivity contribution in [3.8, 4) is 11.5 Å². The summed E-state index contributed by atoms with van der Waals surface area (Å²) >= 11 is 0. The summed E-state index contributed by atoms with van der Waals surface area (Å²) in [5.74, 6) is 1.84. The van der Waals surface area contributed by atoms with Gasteiger partial charge in [-0.1, -0.05) is 29.8 Å². The van der Waals surface area contributed by atoms with E-state index in [1.807, 2.05) is 11.0 Å². The molecule has 3 aliphatic rings. The lowest BCUT2D eigenvalue weighted by Crippen LogP contribution is -2.53. The molecule has 3 heterocycles. The lowest BCUT2D eigenvalue weighted by atomic mass is 9.96. The summed E-state index contributed by atoms with van der Waals surface area (Å²) in [5, 5.41) is 0. The van der Waals surface area contributed by atoms with Crippen LogP contribution < -0.4 is 20.3 Å². The third kappa shape index (κ3) is 4.26. The number of fused-ring (bicyclic) bond motifs is 1. The van der Waals surface area contributed by atoms with Crippen molar-refractivity contribution in [2.75, 3.05) is 33.0 Å². The number of ether oxygens (including phenoxy) is 2. The van der Waals surface area contributed by atoms with Gasteiger partial charge in [0.2, 0.25) is 12.7 Å². The summed E-state index contributed by atoms with van der Waals surface area (Å²) in [4.78, 5) is 17.5. The van der Waals surface area contributed by atoms with Crippen LogP contribution >= 0.6 is 0 Å². The van der Waals surface area contributed by atoms with Crippen LogP contribution in [-0.2, 0) is 11.3 Å².